The SMILES string of the molecule is O=S(=O)(O)c1cccc2c3nc4nc(nc5[nH]c(nc6nc(nc([nH]3)c12)-c1ccccc1-6)c1ccccc51)-c1ccccc1-4.[Rh]. The minimum atomic E-state index is -4.62. The van der Waals surface area contributed by atoms with Crippen molar-refractivity contribution < 1.29 is 32.4 Å². The first-order chi connectivity index (χ1) is 21.4. The second-order valence-electron chi connectivity index (χ2n) is 10.4. The summed E-state index contributed by atoms with van der Waals surface area (Å²) in [6, 6.07) is 27.6. The van der Waals surface area contributed by atoms with Crippen LogP contribution >= 0.6 is 0 Å². The van der Waals surface area contributed by atoms with Crippen molar-refractivity contribution in [2.45, 2.75) is 4.90 Å². The Morgan fingerprint density at radius 2 is 0.844 bits per heavy atom. The number of aromatic amines is 2. The molecule has 5 heterocycles. The van der Waals surface area contributed by atoms with Crippen molar-refractivity contribution in [3.05, 3.63) is 91.0 Å². The number of fused-ring (bicyclic) bond motifs is 20. The maximum Gasteiger partial charge on any atom is 0.295 e. The van der Waals surface area contributed by atoms with Crippen molar-refractivity contribution in [1.82, 2.24) is 39.9 Å². The molecule has 0 saturated heterocycles. The second-order valence-corrected chi connectivity index (χ2v) is 11.8. The standard InChI is InChI=1S/C32H18N8O3S.Rh/c41-44(42,43)23-15-7-14-22-24(23)32-39-30-21-13-6-5-12-20(21)28(37-30)35-26-17-9-2-1-8-16(17)25(33-26)34-27-18-10-3-4-11-19(18)29(36-27)38-31(22)40-32;/h1-15H,(H,41,42,43)(H2,33,34,35,36,37,38,39,40);. The molecule has 0 aliphatic carbocycles. The summed E-state index contributed by atoms with van der Waals surface area (Å²) in [5.41, 5.74) is 4.68. The third-order valence-corrected chi connectivity index (χ3v) is 8.72. The van der Waals surface area contributed by atoms with Crippen molar-refractivity contribution in [1.29, 1.82) is 0 Å². The molecule has 2 aliphatic heterocycles. The summed E-state index contributed by atoms with van der Waals surface area (Å²) in [6.07, 6.45) is 0. The summed E-state index contributed by atoms with van der Waals surface area (Å²) in [6.45, 7) is 0. The van der Waals surface area contributed by atoms with Crippen molar-refractivity contribution in [2.75, 3.05) is 0 Å². The fourth-order valence-corrected chi connectivity index (χ4v) is 6.59. The molecule has 3 aromatic heterocycles. The van der Waals surface area contributed by atoms with E-state index in [0.717, 1.165) is 33.0 Å². The van der Waals surface area contributed by atoms with Crippen LogP contribution in [0.3, 0.4) is 0 Å². The summed E-state index contributed by atoms with van der Waals surface area (Å²) in [5.74, 6) is 1.60. The second kappa shape index (κ2) is 9.89. The molecule has 9 rings (SSSR count). The Labute approximate surface area is 267 Å². The smallest absolute Gasteiger partial charge is 0.295 e. The van der Waals surface area contributed by atoms with Crippen LogP contribution in [0.4, 0.5) is 0 Å². The van der Waals surface area contributed by atoms with E-state index in [1.165, 1.54) is 6.07 Å². The van der Waals surface area contributed by atoms with Crippen LogP contribution < -0.4 is 0 Å². The summed E-state index contributed by atoms with van der Waals surface area (Å²) in [7, 11) is -4.62. The monoisotopic (exact) mass is 697 g/mol. The fraction of sp³-hybridized carbons (Fsp3) is 0. The van der Waals surface area contributed by atoms with Crippen molar-refractivity contribution in [3.8, 4) is 45.6 Å². The van der Waals surface area contributed by atoms with Gasteiger partial charge in [0.05, 0.1) is 0 Å². The molecule has 0 atom stereocenters. The normalized spacial score (nSPS) is 12.1. The predicted octanol–water partition coefficient (Wildman–Crippen LogP) is 6.11. The quantitative estimate of drug-likeness (QED) is 0.136. The molecule has 2 aliphatic rings. The first kappa shape index (κ1) is 27.3. The summed E-state index contributed by atoms with van der Waals surface area (Å²) in [5, 5.41) is 2.36. The molecule has 13 heteroatoms. The Kier molecular flexibility index (Phi) is 6.01. The van der Waals surface area contributed by atoms with Gasteiger partial charge in [-0.25, -0.2) is 29.9 Å². The predicted molar refractivity (Wildman–Crippen MR) is 166 cm³/mol. The number of hydrogen-bond acceptors (Lipinski definition) is 8. The van der Waals surface area contributed by atoms with E-state index in [1.54, 1.807) is 12.1 Å². The number of H-pyrrole nitrogens is 2. The van der Waals surface area contributed by atoms with Gasteiger partial charge in [-0.2, -0.15) is 8.42 Å². The van der Waals surface area contributed by atoms with Crippen LogP contribution in [-0.4, -0.2) is 52.8 Å². The molecule has 0 unspecified atom stereocenters. The van der Waals surface area contributed by atoms with Crippen molar-refractivity contribution in [3.63, 3.8) is 0 Å². The molecular formula is C32H18N8O3RhS. The van der Waals surface area contributed by atoms with Crippen molar-refractivity contribution >= 4 is 54.3 Å². The van der Waals surface area contributed by atoms with Gasteiger partial charge in [0, 0.05) is 63.3 Å². The molecular weight excluding hydrogens is 679 g/mol. The maximum absolute atomic E-state index is 12.5. The zero-order valence-electron chi connectivity index (χ0n) is 22.8. The number of hydrogen-bond donors (Lipinski definition) is 3. The Hall–Kier alpha value is -5.23. The third kappa shape index (κ3) is 4.20. The first-order valence-corrected chi connectivity index (χ1v) is 15.1. The third-order valence-electron chi connectivity index (χ3n) is 7.82. The minimum Gasteiger partial charge on any atom is -0.324 e. The first-order valence-electron chi connectivity index (χ1n) is 13.6. The van der Waals surface area contributed by atoms with Gasteiger partial charge < -0.3 is 9.97 Å². The fourth-order valence-electron chi connectivity index (χ4n) is 5.87. The average molecular weight is 698 g/mol. The number of rotatable bonds is 1. The zero-order chi connectivity index (χ0) is 29.6. The molecule has 1 radical (unpaired) electrons. The van der Waals surface area contributed by atoms with Crippen LogP contribution in [0.2, 0.25) is 0 Å². The minimum absolute atomic E-state index is 0. The van der Waals surface area contributed by atoms with E-state index in [2.05, 4.69) is 9.97 Å². The van der Waals surface area contributed by atoms with E-state index < -0.39 is 10.1 Å². The molecule has 0 spiro atoms. The number of aromatic nitrogens is 8. The maximum atomic E-state index is 12.5. The molecule has 0 amide bonds. The molecule has 219 valence electrons. The van der Waals surface area contributed by atoms with E-state index in [4.69, 9.17) is 29.9 Å². The summed E-state index contributed by atoms with van der Waals surface area (Å²) in [4.78, 5) is 35.4. The van der Waals surface area contributed by atoms with Crippen LogP contribution in [0, 0.1) is 0 Å². The van der Waals surface area contributed by atoms with Gasteiger partial charge in [0.25, 0.3) is 10.1 Å². The molecule has 4 aromatic carbocycles. The van der Waals surface area contributed by atoms with E-state index in [1.807, 2.05) is 72.8 Å². The Morgan fingerprint density at radius 1 is 0.467 bits per heavy atom. The Balaban J connectivity index is 0.00000300. The van der Waals surface area contributed by atoms with E-state index in [0.29, 0.717) is 45.6 Å². The van der Waals surface area contributed by atoms with Gasteiger partial charge in [-0.05, 0) is 6.07 Å². The van der Waals surface area contributed by atoms with E-state index in [9.17, 15) is 13.0 Å². The molecule has 7 aromatic rings. The largest absolute Gasteiger partial charge is 0.324 e. The van der Waals surface area contributed by atoms with Gasteiger partial charge in [-0.1, -0.05) is 84.9 Å². The molecule has 45 heavy (non-hydrogen) atoms. The van der Waals surface area contributed by atoms with Gasteiger partial charge in [0.2, 0.25) is 0 Å². The van der Waals surface area contributed by atoms with Crippen LogP contribution in [0.15, 0.2) is 95.9 Å². The number of nitrogens with one attached hydrogen (secondary N) is 2. The van der Waals surface area contributed by atoms with Gasteiger partial charge in [0.1, 0.15) is 27.5 Å². The van der Waals surface area contributed by atoms with Crippen LogP contribution in [0.1, 0.15) is 0 Å². The number of benzene rings is 4. The van der Waals surface area contributed by atoms with Crippen LogP contribution in [0.25, 0.3) is 89.7 Å². The van der Waals surface area contributed by atoms with Gasteiger partial charge >= 0.3 is 0 Å². The Bertz CT molecular complexity index is 2660. The zero-order valence-corrected chi connectivity index (χ0v) is 25.3. The van der Waals surface area contributed by atoms with Crippen LogP contribution in [-0.2, 0) is 29.6 Å². The van der Waals surface area contributed by atoms with Gasteiger partial charge in [-0.3, -0.25) is 4.55 Å². The summed E-state index contributed by atoms with van der Waals surface area (Å²) < 4.78 is 35.2. The molecule has 0 saturated carbocycles. The molecule has 0 fully saturated rings. The van der Waals surface area contributed by atoms with E-state index in [-0.39, 0.29) is 35.4 Å². The number of nitrogens with zero attached hydrogens (tertiary/aromatic N) is 6. The van der Waals surface area contributed by atoms with Gasteiger partial charge in [-0.15, -0.1) is 0 Å². The molecule has 8 bridgehead atoms. The Morgan fingerprint density at radius 3 is 1.31 bits per heavy atom. The summed E-state index contributed by atoms with van der Waals surface area (Å²) >= 11 is 0. The van der Waals surface area contributed by atoms with Crippen molar-refractivity contribution in [2.24, 2.45) is 0 Å². The van der Waals surface area contributed by atoms with Gasteiger partial charge in [0.15, 0.2) is 23.3 Å². The van der Waals surface area contributed by atoms with E-state index >= 15 is 0 Å². The molecule has 11 nitrogen and oxygen atoms in total. The molecule has 3 N–H and O–H groups in total. The van der Waals surface area contributed by atoms with Crippen LogP contribution in [0.5, 0.6) is 0 Å². The topological polar surface area (TPSA) is 163 Å². The average Bonchev–Trinajstić information content (AvgIpc) is 3.76.